The van der Waals surface area contributed by atoms with Gasteiger partial charge in [0.25, 0.3) is 0 Å². The highest BCUT2D eigenvalue weighted by Crippen LogP contribution is 2.29. The molecule has 0 unspecified atom stereocenters. The minimum atomic E-state index is -0.839. The van der Waals surface area contributed by atoms with Crippen molar-refractivity contribution in [1.82, 2.24) is 4.90 Å². The van der Waals surface area contributed by atoms with Crippen molar-refractivity contribution >= 4 is 17.6 Å². The van der Waals surface area contributed by atoms with Crippen molar-refractivity contribution in [3.8, 4) is 0 Å². The van der Waals surface area contributed by atoms with Crippen LogP contribution >= 0.6 is 0 Å². The fraction of sp³-hybridized carbons (Fsp3) is 0.467. The van der Waals surface area contributed by atoms with Gasteiger partial charge in [-0.1, -0.05) is 18.2 Å². The number of nitrogens with zero attached hydrogens (tertiary/aromatic N) is 1. The van der Waals surface area contributed by atoms with Gasteiger partial charge >= 0.3 is 5.97 Å². The maximum atomic E-state index is 11.8. The van der Waals surface area contributed by atoms with Crippen molar-refractivity contribution in [2.75, 3.05) is 25.0 Å². The van der Waals surface area contributed by atoms with E-state index in [4.69, 9.17) is 5.11 Å². The molecule has 0 spiro atoms. The first kappa shape index (κ1) is 14.5. The average molecular weight is 276 g/mol. The Kier molecular flexibility index (Phi) is 5.12. The van der Waals surface area contributed by atoms with Crippen LogP contribution in [0.1, 0.15) is 19.3 Å². The molecular weight excluding hydrogens is 256 g/mol. The van der Waals surface area contributed by atoms with Crippen LogP contribution in [0.4, 0.5) is 5.69 Å². The normalized spacial score (nSPS) is 14.2. The van der Waals surface area contributed by atoms with E-state index in [1.807, 2.05) is 35.2 Å². The first-order valence-electron chi connectivity index (χ1n) is 6.92. The number of carbonyl (C=O) groups excluding carboxylic acids is 1. The zero-order valence-corrected chi connectivity index (χ0v) is 11.4. The number of carboxylic acid groups (broad SMARTS) is 1. The van der Waals surface area contributed by atoms with Crippen LogP contribution in [-0.2, 0) is 9.59 Å². The SMILES string of the molecule is O=C(O)CN(CCC(=O)Nc1ccccc1)CC1CC1. The number of benzene rings is 1. The largest absolute Gasteiger partial charge is 0.480 e. The highest BCUT2D eigenvalue weighted by molar-refractivity contribution is 5.90. The molecule has 5 nitrogen and oxygen atoms in total. The highest BCUT2D eigenvalue weighted by atomic mass is 16.4. The molecule has 2 rings (SSSR count). The molecule has 1 aliphatic rings. The van der Waals surface area contributed by atoms with E-state index in [0.29, 0.717) is 18.9 Å². The molecule has 2 N–H and O–H groups in total. The van der Waals surface area contributed by atoms with Crippen LogP contribution in [-0.4, -0.2) is 41.5 Å². The second kappa shape index (κ2) is 7.05. The fourth-order valence-corrected chi connectivity index (χ4v) is 2.10. The maximum Gasteiger partial charge on any atom is 0.317 e. The van der Waals surface area contributed by atoms with E-state index in [9.17, 15) is 9.59 Å². The number of carbonyl (C=O) groups is 2. The average Bonchev–Trinajstić information content (AvgIpc) is 3.20. The van der Waals surface area contributed by atoms with Gasteiger partial charge in [-0.25, -0.2) is 0 Å². The first-order valence-corrected chi connectivity index (χ1v) is 6.92. The van der Waals surface area contributed by atoms with E-state index < -0.39 is 5.97 Å². The highest BCUT2D eigenvalue weighted by Gasteiger charge is 2.25. The molecule has 5 heteroatoms. The van der Waals surface area contributed by atoms with E-state index >= 15 is 0 Å². The van der Waals surface area contributed by atoms with Crippen LogP contribution in [0.2, 0.25) is 0 Å². The first-order chi connectivity index (χ1) is 9.63. The lowest BCUT2D eigenvalue weighted by Crippen LogP contribution is -2.34. The molecule has 0 saturated heterocycles. The molecule has 0 bridgehead atoms. The van der Waals surface area contributed by atoms with Crippen LogP contribution in [0.15, 0.2) is 30.3 Å². The monoisotopic (exact) mass is 276 g/mol. The topological polar surface area (TPSA) is 69.6 Å². The van der Waals surface area contributed by atoms with Crippen molar-refractivity contribution in [2.24, 2.45) is 5.92 Å². The Hall–Kier alpha value is -1.88. The maximum absolute atomic E-state index is 11.8. The Morgan fingerprint density at radius 1 is 1.25 bits per heavy atom. The molecule has 0 aliphatic heterocycles. The lowest BCUT2D eigenvalue weighted by Gasteiger charge is -2.19. The summed E-state index contributed by atoms with van der Waals surface area (Å²) in [5.41, 5.74) is 0.768. The van der Waals surface area contributed by atoms with Crippen molar-refractivity contribution in [3.05, 3.63) is 30.3 Å². The predicted octanol–water partition coefficient (Wildman–Crippen LogP) is 1.81. The third-order valence-electron chi connectivity index (χ3n) is 3.28. The van der Waals surface area contributed by atoms with Crippen LogP contribution < -0.4 is 5.32 Å². The number of hydrogen-bond acceptors (Lipinski definition) is 3. The zero-order valence-electron chi connectivity index (χ0n) is 11.4. The van der Waals surface area contributed by atoms with Gasteiger partial charge in [-0.15, -0.1) is 0 Å². The third-order valence-corrected chi connectivity index (χ3v) is 3.28. The Morgan fingerprint density at radius 3 is 2.55 bits per heavy atom. The minimum absolute atomic E-state index is 0.00904. The van der Waals surface area contributed by atoms with Gasteiger partial charge in [-0.05, 0) is 30.9 Å². The quantitative estimate of drug-likeness (QED) is 0.759. The zero-order chi connectivity index (χ0) is 14.4. The minimum Gasteiger partial charge on any atom is -0.480 e. The van der Waals surface area contributed by atoms with Gasteiger partial charge in [0, 0.05) is 25.2 Å². The summed E-state index contributed by atoms with van der Waals surface area (Å²) >= 11 is 0. The fourth-order valence-electron chi connectivity index (χ4n) is 2.10. The molecule has 1 aliphatic carbocycles. The van der Waals surface area contributed by atoms with Gasteiger partial charge < -0.3 is 10.4 Å². The number of anilines is 1. The van der Waals surface area contributed by atoms with Crippen LogP contribution in [0.3, 0.4) is 0 Å². The molecular formula is C15H20N2O3. The van der Waals surface area contributed by atoms with E-state index in [1.54, 1.807) is 0 Å². The van der Waals surface area contributed by atoms with Crippen molar-refractivity contribution in [1.29, 1.82) is 0 Å². The van der Waals surface area contributed by atoms with Crippen molar-refractivity contribution in [2.45, 2.75) is 19.3 Å². The summed E-state index contributed by atoms with van der Waals surface area (Å²) in [5, 5.41) is 11.7. The number of rotatable bonds is 8. The molecule has 1 amide bonds. The van der Waals surface area contributed by atoms with Gasteiger partial charge in [-0.3, -0.25) is 14.5 Å². The smallest absolute Gasteiger partial charge is 0.317 e. The summed E-state index contributed by atoms with van der Waals surface area (Å²) in [6.45, 7) is 1.28. The number of amides is 1. The number of para-hydroxylation sites is 1. The summed E-state index contributed by atoms with van der Waals surface area (Å²) < 4.78 is 0. The second-order valence-electron chi connectivity index (χ2n) is 5.24. The van der Waals surface area contributed by atoms with E-state index in [2.05, 4.69) is 5.32 Å². The molecule has 1 aromatic rings. The molecule has 1 fully saturated rings. The second-order valence-corrected chi connectivity index (χ2v) is 5.24. The molecule has 108 valence electrons. The van der Waals surface area contributed by atoms with Crippen LogP contribution in [0, 0.1) is 5.92 Å². The van der Waals surface area contributed by atoms with Gasteiger partial charge in [0.2, 0.25) is 5.91 Å². The summed E-state index contributed by atoms with van der Waals surface area (Å²) in [4.78, 5) is 24.5. The number of carboxylic acids is 1. The summed E-state index contributed by atoms with van der Waals surface area (Å²) in [6, 6.07) is 9.27. The Balaban J connectivity index is 1.75. The number of hydrogen-bond donors (Lipinski definition) is 2. The molecule has 1 aromatic carbocycles. The lowest BCUT2D eigenvalue weighted by atomic mass is 10.3. The van der Waals surface area contributed by atoms with Crippen molar-refractivity contribution in [3.63, 3.8) is 0 Å². The van der Waals surface area contributed by atoms with Gasteiger partial charge in [0.15, 0.2) is 0 Å². The molecule has 0 atom stereocenters. The molecule has 20 heavy (non-hydrogen) atoms. The standard InChI is InChI=1S/C15H20N2O3/c18-14(16-13-4-2-1-3-5-13)8-9-17(11-15(19)20)10-12-6-7-12/h1-5,12H,6-11H2,(H,16,18)(H,19,20). The van der Waals surface area contributed by atoms with Gasteiger partial charge in [0.05, 0.1) is 6.54 Å². The lowest BCUT2D eigenvalue weighted by molar-refractivity contribution is -0.138. The number of nitrogens with one attached hydrogen (secondary N) is 1. The van der Waals surface area contributed by atoms with Crippen molar-refractivity contribution < 1.29 is 14.7 Å². The van der Waals surface area contributed by atoms with Crippen LogP contribution in [0.25, 0.3) is 0 Å². The summed E-state index contributed by atoms with van der Waals surface area (Å²) in [5.74, 6) is -0.303. The van der Waals surface area contributed by atoms with Gasteiger partial charge in [0.1, 0.15) is 0 Å². The molecule has 0 radical (unpaired) electrons. The molecule has 0 aromatic heterocycles. The Labute approximate surface area is 118 Å². The molecule has 1 saturated carbocycles. The van der Waals surface area contributed by atoms with Gasteiger partial charge in [-0.2, -0.15) is 0 Å². The summed E-state index contributed by atoms with van der Waals surface area (Å²) in [6.07, 6.45) is 2.66. The third kappa shape index (κ3) is 5.40. The molecule has 0 heterocycles. The predicted molar refractivity (Wildman–Crippen MR) is 76.5 cm³/mol. The van der Waals surface area contributed by atoms with Crippen LogP contribution in [0.5, 0.6) is 0 Å². The Morgan fingerprint density at radius 2 is 1.95 bits per heavy atom. The Bertz CT molecular complexity index is 457. The van der Waals surface area contributed by atoms with E-state index in [-0.39, 0.29) is 12.5 Å². The summed E-state index contributed by atoms with van der Waals surface area (Å²) in [7, 11) is 0. The van der Waals surface area contributed by atoms with E-state index in [0.717, 1.165) is 12.2 Å². The number of aliphatic carboxylic acids is 1. The van der Waals surface area contributed by atoms with E-state index in [1.165, 1.54) is 12.8 Å².